The van der Waals surface area contributed by atoms with E-state index in [1.807, 2.05) is 91.9 Å². The third kappa shape index (κ3) is 4.39. The number of rotatable bonds is 5. The number of anilines is 1. The second-order valence-corrected chi connectivity index (χ2v) is 7.12. The van der Waals surface area contributed by atoms with Gasteiger partial charge in [-0.3, -0.25) is 4.79 Å². The van der Waals surface area contributed by atoms with E-state index in [1.165, 1.54) is 5.01 Å². The Labute approximate surface area is 174 Å². The van der Waals surface area contributed by atoms with Gasteiger partial charge in [0.15, 0.2) is 0 Å². The predicted molar refractivity (Wildman–Crippen MR) is 117 cm³/mol. The van der Waals surface area contributed by atoms with Gasteiger partial charge in [-0.05, 0) is 60.5 Å². The average molecular weight is 403 g/mol. The number of ether oxygens (including phenoxy) is 1. The highest BCUT2D eigenvalue weighted by Crippen LogP contribution is 2.25. The summed E-state index contributed by atoms with van der Waals surface area (Å²) in [4.78, 5) is 12.8. The number of amides is 1. The van der Waals surface area contributed by atoms with Crippen molar-refractivity contribution in [2.24, 2.45) is 5.10 Å². The van der Waals surface area contributed by atoms with Gasteiger partial charge in [-0.25, -0.2) is 0 Å². The molecule has 1 aliphatic rings. The molecule has 5 heteroatoms. The summed E-state index contributed by atoms with van der Waals surface area (Å²) in [6, 6.07) is 24.6. The minimum atomic E-state index is -0.128. The van der Waals surface area contributed by atoms with E-state index < -0.39 is 0 Å². The Bertz CT molecular complexity index is 1070. The van der Waals surface area contributed by atoms with Gasteiger partial charge in [0.05, 0.1) is 17.0 Å². The fourth-order valence-electron chi connectivity index (χ4n) is 3.00. The van der Waals surface area contributed by atoms with Crippen LogP contribution < -0.4 is 9.75 Å². The normalized spacial score (nSPS) is 15.0. The highest BCUT2D eigenvalue weighted by atomic mass is 35.5. The Hall–Kier alpha value is -3.37. The van der Waals surface area contributed by atoms with Crippen molar-refractivity contribution < 1.29 is 9.53 Å². The molecular weight excluding hydrogens is 384 g/mol. The molecular formula is C24H19ClN2O2. The summed E-state index contributed by atoms with van der Waals surface area (Å²) in [5, 5.41) is 6.54. The molecule has 0 bridgehead atoms. The number of hydrogen-bond donors (Lipinski definition) is 0. The molecule has 29 heavy (non-hydrogen) atoms. The standard InChI is InChI=1S/C24H19ClN2O2/c1-17-23(24(28)27(26-17)21-5-3-2-4-6-21)15-18-9-13-22(14-10-18)29-16-19-7-11-20(25)12-8-19/h2-15H,16H2,1H3. The first-order valence-electron chi connectivity index (χ1n) is 9.24. The predicted octanol–water partition coefficient (Wildman–Crippen LogP) is 5.73. The first-order valence-corrected chi connectivity index (χ1v) is 9.62. The molecule has 144 valence electrons. The summed E-state index contributed by atoms with van der Waals surface area (Å²) in [5.41, 5.74) is 4.00. The van der Waals surface area contributed by atoms with Crippen LogP contribution in [0.2, 0.25) is 5.02 Å². The lowest BCUT2D eigenvalue weighted by Gasteiger charge is -2.11. The summed E-state index contributed by atoms with van der Waals surface area (Å²) in [7, 11) is 0. The van der Waals surface area contributed by atoms with Crippen LogP contribution in [0.4, 0.5) is 5.69 Å². The van der Waals surface area contributed by atoms with Crippen molar-refractivity contribution in [2.75, 3.05) is 5.01 Å². The second kappa shape index (κ2) is 8.33. The fraction of sp³-hybridized carbons (Fsp3) is 0.0833. The molecule has 0 saturated heterocycles. The van der Waals surface area contributed by atoms with Crippen LogP contribution in [0, 0.1) is 0 Å². The zero-order chi connectivity index (χ0) is 20.2. The Morgan fingerprint density at radius 3 is 2.34 bits per heavy atom. The number of carbonyl (C=O) groups excluding carboxylic acids is 1. The average Bonchev–Trinajstić information content (AvgIpc) is 3.03. The van der Waals surface area contributed by atoms with Crippen LogP contribution in [-0.4, -0.2) is 11.6 Å². The van der Waals surface area contributed by atoms with Crippen molar-refractivity contribution in [2.45, 2.75) is 13.5 Å². The van der Waals surface area contributed by atoms with Gasteiger partial charge in [0.1, 0.15) is 12.4 Å². The van der Waals surface area contributed by atoms with Gasteiger partial charge in [-0.2, -0.15) is 10.1 Å². The summed E-state index contributed by atoms with van der Waals surface area (Å²) in [6.45, 7) is 2.31. The largest absolute Gasteiger partial charge is 0.489 e. The highest BCUT2D eigenvalue weighted by Gasteiger charge is 2.28. The Balaban J connectivity index is 1.45. The summed E-state index contributed by atoms with van der Waals surface area (Å²) < 4.78 is 5.81. The Morgan fingerprint density at radius 1 is 0.966 bits per heavy atom. The smallest absolute Gasteiger partial charge is 0.280 e. The van der Waals surface area contributed by atoms with Crippen LogP contribution in [0.25, 0.3) is 6.08 Å². The van der Waals surface area contributed by atoms with Crippen LogP contribution in [0.5, 0.6) is 5.75 Å². The van der Waals surface area contributed by atoms with E-state index >= 15 is 0 Å². The maximum absolute atomic E-state index is 12.8. The van der Waals surface area contributed by atoms with Gasteiger partial charge < -0.3 is 4.74 Å². The SMILES string of the molecule is CC1=NN(c2ccccc2)C(=O)C1=Cc1ccc(OCc2ccc(Cl)cc2)cc1. The van der Waals surface area contributed by atoms with E-state index in [1.54, 1.807) is 0 Å². The summed E-state index contributed by atoms with van der Waals surface area (Å²) >= 11 is 5.90. The van der Waals surface area contributed by atoms with Crippen molar-refractivity contribution in [3.05, 3.63) is 101 Å². The lowest BCUT2D eigenvalue weighted by molar-refractivity contribution is -0.114. The quantitative estimate of drug-likeness (QED) is 0.512. The van der Waals surface area contributed by atoms with Crippen molar-refractivity contribution in [3.8, 4) is 5.75 Å². The van der Waals surface area contributed by atoms with Crippen molar-refractivity contribution in [3.63, 3.8) is 0 Å². The van der Waals surface area contributed by atoms with E-state index in [9.17, 15) is 4.79 Å². The van der Waals surface area contributed by atoms with Crippen LogP contribution >= 0.6 is 11.6 Å². The Kier molecular flexibility index (Phi) is 5.45. The highest BCUT2D eigenvalue weighted by molar-refractivity contribution is 6.32. The molecule has 1 heterocycles. The monoisotopic (exact) mass is 402 g/mol. The molecule has 0 aliphatic carbocycles. The third-order valence-electron chi connectivity index (χ3n) is 4.57. The Morgan fingerprint density at radius 2 is 1.66 bits per heavy atom. The molecule has 3 aromatic carbocycles. The fourth-order valence-corrected chi connectivity index (χ4v) is 3.13. The topological polar surface area (TPSA) is 41.9 Å². The molecule has 0 atom stereocenters. The molecule has 4 nitrogen and oxygen atoms in total. The van der Waals surface area contributed by atoms with E-state index in [4.69, 9.17) is 16.3 Å². The number of hydrazone groups is 1. The number of nitrogens with zero attached hydrogens (tertiary/aromatic N) is 2. The van der Waals surface area contributed by atoms with E-state index in [0.29, 0.717) is 22.9 Å². The number of benzene rings is 3. The van der Waals surface area contributed by atoms with E-state index in [2.05, 4.69) is 5.10 Å². The second-order valence-electron chi connectivity index (χ2n) is 6.68. The van der Waals surface area contributed by atoms with Crippen LogP contribution in [0.3, 0.4) is 0 Å². The van der Waals surface area contributed by atoms with Gasteiger partial charge in [0, 0.05) is 5.02 Å². The molecule has 1 amide bonds. The first kappa shape index (κ1) is 19.0. The van der Waals surface area contributed by atoms with Crippen LogP contribution in [0.1, 0.15) is 18.1 Å². The third-order valence-corrected chi connectivity index (χ3v) is 4.83. The number of halogens is 1. The van der Waals surface area contributed by atoms with Crippen molar-refractivity contribution in [1.29, 1.82) is 0 Å². The van der Waals surface area contributed by atoms with Crippen molar-refractivity contribution in [1.82, 2.24) is 0 Å². The maximum atomic E-state index is 12.8. The number of carbonyl (C=O) groups is 1. The van der Waals surface area contributed by atoms with Crippen molar-refractivity contribution >= 4 is 35.0 Å². The molecule has 0 unspecified atom stereocenters. The van der Waals surface area contributed by atoms with Gasteiger partial charge in [-0.15, -0.1) is 0 Å². The molecule has 0 fully saturated rings. The van der Waals surface area contributed by atoms with E-state index in [0.717, 1.165) is 22.6 Å². The summed E-state index contributed by atoms with van der Waals surface area (Å²) in [5.74, 6) is 0.632. The van der Waals surface area contributed by atoms with Gasteiger partial charge in [0.2, 0.25) is 0 Å². The van der Waals surface area contributed by atoms with Crippen LogP contribution in [-0.2, 0) is 11.4 Å². The minimum absolute atomic E-state index is 0.128. The zero-order valence-corrected chi connectivity index (χ0v) is 16.6. The lowest BCUT2D eigenvalue weighted by atomic mass is 10.1. The molecule has 0 N–H and O–H groups in total. The van der Waals surface area contributed by atoms with Gasteiger partial charge in [0.25, 0.3) is 5.91 Å². The number of hydrogen-bond acceptors (Lipinski definition) is 3. The molecule has 0 aromatic heterocycles. The minimum Gasteiger partial charge on any atom is -0.489 e. The van der Waals surface area contributed by atoms with Gasteiger partial charge >= 0.3 is 0 Å². The van der Waals surface area contributed by atoms with Gasteiger partial charge in [-0.1, -0.05) is 54.1 Å². The maximum Gasteiger partial charge on any atom is 0.280 e. The molecule has 0 spiro atoms. The zero-order valence-electron chi connectivity index (χ0n) is 15.9. The molecule has 4 rings (SSSR count). The van der Waals surface area contributed by atoms with E-state index in [-0.39, 0.29) is 5.91 Å². The molecule has 0 saturated carbocycles. The number of para-hydroxylation sites is 1. The van der Waals surface area contributed by atoms with Crippen LogP contribution in [0.15, 0.2) is 89.5 Å². The lowest BCUT2D eigenvalue weighted by Crippen LogP contribution is -2.21. The molecule has 1 aliphatic heterocycles. The first-order chi connectivity index (χ1) is 14.1. The summed E-state index contributed by atoms with van der Waals surface area (Å²) in [6.07, 6.45) is 1.85. The molecule has 0 radical (unpaired) electrons. The molecule has 3 aromatic rings.